The van der Waals surface area contributed by atoms with Gasteiger partial charge in [0, 0.05) is 30.6 Å². The fraction of sp³-hybridized carbons (Fsp3) is 0.304. The minimum atomic E-state index is -0.438. The number of carbonyl (C=O) groups is 4. The average Bonchev–Trinajstić information content (AvgIpc) is 3.10. The first kappa shape index (κ1) is 20.6. The molecule has 31 heavy (non-hydrogen) atoms. The first-order chi connectivity index (χ1) is 15.0. The maximum absolute atomic E-state index is 12.3. The predicted octanol–water partition coefficient (Wildman–Crippen LogP) is 1.55. The van der Waals surface area contributed by atoms with Gasteiger partial charge in [-0.1, -0.05) is 30.3 Å². The van der Waals surface area contributed by atoms with Gasteiger partial charge in [0.05, 0.1) is 13.1 Å². The summed E-state index contributed by atoms with van der Waals surface area (Å²) in [5.41, 5.74) is 8.31. The molecular weight excluding hydrogens is 396 g/mol. The van der Waals surface area contributed by atoms with E-state index >= 15 is 0 Å². The summed E-state index contributed by atoms with van der Waals surface area (Å²) in [6, 6.07) is 14.6. The molecule has 0 spiro atoms. The van der Waals surface area contributed by atoms with Crippen LogP contribution in [0.25, 0.3) is 0 Å². The van der Waals surface area contributed by atoms with Gasteiger partial charge in [-0.05, 0) is 42.2 Å². The van der Waals surface area contributed by atoms with E-state index < -0.39 is 5.91 Å². The zero-order valence-corrected chi connectivity index (χ0v) is 17.1. The number of para-hydroxylation sites is 1. The fourth-order valence-electron chi connectivity index (χ4n) is 3.93. The zero-order chi connectivity index (χ0) is 21.8. The number of rotatable bonds is 5. The molecule has 4 amide bonds. The molecule has 0 unspecified atom stereocenters. The largest absolute Gasteiger partial charge is 0.362 e. The molecule has 0 bridgehead atoms. The van der Waals surface area contributed by atoms with Crippen molar-refractivity contribution in [1.82, 2.24) is 15.8 Å². The summed E-state index contributed by atoms with van der Waals surface area (Å²) in [4.78, 5) is 51.4. The van der Waals surface area contributed by atoms with Gasteiger partial charge in [-0.2, -0.15) is 0 Å². The molecule has 8 heteroatoms. The number of hydrogen-bond donors (Lipinski definition) is 2. The Morgan fingerprint density at radius 3 is 2.32 bits per heavy atom. The Labute approximate surface area is 180 Å². The van der Waals surface area contributed by atoms with Crippen molar-refractivity contribution >= 4 is 29.3 Å². The van der Waals surface area contributed by atoms with Gasteiger partial charge in [-0.15, -0.1) is 0 Å². The van der Waals surface area contributed by atoms with Crippen LogP contribution < -0.4 is 15.8 Å². The lowest BCUT2D eigenvalue weighted by Crippen LogP contribution is -2.47. The molecule has 2 aromatic carbocycles. The van der Waals surface area contributed by atoms with Crippen LogP contribution in [-0.4, -0.2) is 41.6 Å². The van der Waals surface area contributed by atoms with Crippen molar-refractivity contribution in [3.05, 3.63) is 65.2 Å². The van der Waals surface area contributed by atoms with Crippen molar-refractivity contribution in [2.45, 2.75) is 32.2 Å². The Kier molecular flexibility index (Phi) is 5.97. The van der Waals surface area contributed by atoms with Crippen LogP contribution in [0.3, 0.4) is 0 Å². The SMILES string of the molecule is O=C(CN1CCCc2ccccc21)NNC(=O)c1ccc(CN2C(=O)CCC2=O)cc1. The normalized spacial score (nSPS) is 15.6. The first-order valence-electron chi connectivity index (χ1n) is 10.4. The molecular formula is C23H24N4O4. The van der Waals surface area contributed by atoms with Crippen molar-refractivity contribution in [3.63, 3.8) is 0 Å². The molecule has 8 nitrogen and oxygen atoms in total. The summed E-state index contributed by atoms with van der Waals surface area (Å²) in [6.45, 7) is 1.16. The molecule has 1 fully saturated rings. The van der Waals surface area contributed by atoms with E-state index in [1.165, 1.54) is 10.5 Å². The summed E-state index contributed by atoms with van der Waals surface area (Å²) in [5.74, 6) is -1.09. The molecule has 0 aromatic heterocycles. The molecule has 4 rings (SSSR count). The molecule has 2 aromatic rings. The molecule has 2 N–H and O–H groups in total. The molecule has 0 radical (unpaired) electrons. The average molecular weight is 420 g/mol. The highest BCUT2D eigenvalue weighted by atomic mass is 16.2. The Morgan fingerprint density at radius 1 is 0.871 bits per heavy atom. The van der Waals surface area contributed by atoms with Gasteiger partial charge in [0.25, 0.3) is 11.8 Å². The Morgan fingerprint density at radius 2 is 1.58 bits per heavy atom. The molecule has 160 valence electrons. The number of nitrogens with zero attached hydrogens (tertiary/aromatic N) is 2. The van der Waals surface area contributed by atoms with Crippen LogP contribution in [0.2, 0.25) is 0 Å². The first-order valence-corrected chi connectivity index (χ1v) is 10.4. The van der Waals surface area contributed by atoms with E-state index in [0.29, 0.717) is 5.56 Å². The molecule has 0 aliphatic carbocycles. The lowest BCUT2D eigenvalue weighted by molar-refractivity contribution is -0.139. The quantitative estimate of drug-likeness (QED) is 0.565. The van der Waals surface area contributed by atoms with E-state index in [-0.39, 0.29) is 43.7 Å². The number of hydrogen-bond acceptors (Lipinski definition) is 5. The van der Waals surface area contributed by atoms with Crippen molar-refractivity contribution in [2.24, 2.45) is 0 Å². The molecule has 0 saturated carbocycles. The van der Waals surface area contributed by atoms with Gasteiger partial charge >= 0.3 is 0 Å². The number of carbonyl (C=O) groups excluding carboxylic acids is 4. The number of benzene rings is 2. The lowest BCUT2D eigenvalue weighted by atomic mass is 10.0. The second-order valence-electron chi connectivity index (χ2n) is 7.73. The van der Waals surface area contributed by atoms with E-state index in [1.807, 2.05) is 23.1 Å². The predicted molar refractivity (Wildman–Crippen MR) is 114 cm³/mol. The van der Waals surface area contributed by atoms with Crippen LogP contribution in [0, 0.1) is 0 Å². The third-order valence-corrected chi connectivity index (χ3v) is 5.57. The Balaban J connectivity index is 1.28. The second-order valence-corrected chi connectivity index (χ2v) is 7.73. The van der Waals surface area contributed by atoms with E-state index in [4.69, 9.17) is 0 Å². The van der Waals surface area contributed by atoms with Crippen molar-refractivity contribution in [3.8, 4) is 0 Å². The fourth-order valence-corrected chi connectivity index (χ4v) is 3.93. The lowest BCUT2D eigenvalue weighted by Gasteiger charge is -2.30. The number of hydrazine groups is 1. The summed E-state index contributed by atoms with van der Waals surface area (Å²) < 4.78 is 0. The van der Waals surface area contributed by atoms with Crippen LogP contribution in [0.5, 0.6) is 0 Å². The number of imide groups is 1. The van der Waals surface area contributed by atoms with E-state index in [1.54, 1.807) is 24.3 Å². The van der Waals surface area contributed by atoms with Crippen molar-refractivity contribution in [1.29, 1.82) is 0 Å². The van der Waals surface area contributed by atoms with E-state index in [0.717, 1.165) is 30.6 Å². The number of fused-ring (bicyclic) bond motifs is 1. The molecule has 1 saturated heterocycles. The van der Waals surface area contributed by atoms with E-state index in [9.17, 15) is 19.2 Å². The van der Waals surface area contributed by atoms with Crippen LogP contribution in [0.15, 0.2) is 48.5 Å². The minimum absolute atomic E-state index is 0.161. The van der Waals surface area contributed by atoms with Crippen molar-refractivity contribution < 1.29 is 19.2 Å². The van der Waals surface area contributed by atoms with Crippen LogP contribution in [-0.2, 0) is 27.3 Å². The van der Waals surface area contributed by atoms with Crippen LogP contribution >= 0.6 is 0 Å². The molecule has 2 heterocycles. The third-order valence-electron chi connectivity index (χ3n) is 5.57. The number of likely N-dealkylation sites (tertiary alicyclic amines) is 1. The Bertz CT molecular complexity index is 1000. The molecule has 2 aliphatic heterocycles. The number of aryl methyl sites for hydroxylation is 1. The van der Waals surface area contributed by atoms with E-state index in [2.05, 4.69) is 16.9 Å². The van der Waals surface area contributed by atoms with Crippen molar-refractivity contribution in [2.75, 3.05) is 18.0 Å². The highest BCUT2D eigenvalue weighted by molar-refractivity contribution is 6.01. The summed E-state index contributed by atoms with van der Waals surface area (Å²) >= 11 is 0. The van der Waals surface area contributed by atoms with Gasteiger partial charge < -0.3 is 4.90 Å². The number of nitrogens with one attached hydrogen (secondary N) is 2. The van der Waals surface area contributed by atoms with Gasteiger partial charge in [0.15, 0.2) is 0 Å². The van der Waals surface area contributed by atoms with Gasteiger partial charge in [0.2, 0.25) is 11.8 Å². The van der Waals surface area contributed by atoms with Gasteiger partial charge in [-0.25, -0.2) is 0 Å². The summed E-state index contributed by atoms with van der Waals surface area (Å²) in [7, 11) is 0. The van der Waals surface area contributed by atoms with Gasteiger partial charge in [0.1, 0.15) is 0 Å². The zero-order valence-electron chi connectivity index (χ0n) is 17.1. The molecule has 0 atom stereocenters. The standard InChI is InChI=1S/C23H24N4O4/c28-20(15-26-13-3-5-17-4-1-2-6-19(17)26)24-25-23(31)18-9-7-16(8-10-18)14-27-21(29)11-12-22(27)30/h1-2,4,6-10H,3,5,11-15H2,(H,24,28)(H,25,31). The topological polar surface area (TPSA) is 98.8 Å². The van der Waals surface area contributed by atoms with Crippen LogP contribution in [0.1, 0.15) is 40.7 Å². The Hall–Kier alpha value is -3.68. The smallest absolute Gasteiger partial charge is 0.269 e. The molecule has 2 aliphatic rings. The minimum Gasteiger partial charge on any atom is -0.362 e. The monoisotopic (exact) mass is 420 g/mol. The summed E-state index contributed by atoms with van der Waals surface area (Å²) in [6.07, 6.45) is 2.49. The highest BCUT2D eigenvalue weighted by Gasteiger charge is 2.28. The maximum Gasteiger partial charge on any atom is 0.269 e. The highest BCUT2D eigenvalue weighted by Crippen LogP contribution is 2.26. The number of amides is 4. The van der Waals surface area contributed by atoms with Gasteiger partial charge in [-0.3, -0.25) is 34.9 Å². The number of anilines is 1. The second kappa shape index (κ2) is 8.99. The third kappa shape index (κ3) is 4.74. The maximum atomic E-state index is 12.3. The summed E-state index contributed by atoms with van der Waals surface area (Å²) in [5, 5.41) is 0. The van der Waals surface area contributed by atoms with Crippen LogP contribution in [0.4, 0.5) is 5.69 Å².